The van der Waals surface area contributed by atoms with Gasteiger partial charge in [-0.2, -0.15) is 0 Å². The molecule has 0 spiro atoms. The summed E-state index contributed by atoms with van der Waals surface area (Å²) in [6, 6.07) is 0. The van der Waals surface area contributed by atoms with Gasteiger partial charge in [0.1, 0.15) is 12.4 Å². The predicted octanol–water partition coefficient (Wildman–Crippen LogP) is 4.86. The largest absolute Gasteiger partial charge is 0.465 e. The summed E-state index contributed by atoms with van der Waals surface area (Å²) in [5, 5.41) is 0. The second kappa shape index (κ2) is 6.41. The SMILES string of the molecule is CC(=O)OC[C@@]1(C)C(=O)CC[C@@]2(C)[C@H]1CC=C1C=C(C(C)C)CC[C@@H]12. The van der Waals surface area contributed by atoms with E-state index < -0.39 is 5.41 Å². The first-order chi connectivity index (χ1) is 11.7. The van der Waals surface area contributed by atoms with E-state index in [2.05, 4.69) is 32.9 Å². The van der Waals surface area contributed by atoms with Crippen LogP contribution in [0.15, 0.2) is 23.3 Å². The highest BCUT2D eigenvalue weighted by Crippen LogP contribution is 2.61. The Labute approximate surface area is 151 Å². The standard InChI is InChI=1S/C22H32O3/c1-14(2)16-6-8-18-17(12-16)7-9-19-21(18,4)11-10-20(24)22(19,5)13-25-15(3)23/h7,12,14,18-19H,6,8-11,13H2,1-5H3/t18-,19+,21+,22+/m0/s1. The minimum absolute atomic E-state index is 0.117. The Morgan fingerprint density at radius 2 is 2.04 bits per heavy atom. The van der Waals surface area contributed by atoms with E-state index in [0.29, 0.717) is 18.3 Å². The normalized spacial score (nSPS) is 37.8. The van der Waals surface area contributed by atoms with Gasteiger partial charge in [-0.05, 0) is 61.3 Å². The van der Waals surface area contributed by atoms with E-state index in [-0.39, 0.29) is 29.7 Å². The molecule has 3 aliphatic carbocycles. The number of Topliss-reactive ketones (excluding diaryl/α,β-unsaturated/α-hetero) is 1. The van der Waals surface area contributed by atoms with Gasteiger partial charge in [0.05, 0.1) is 5.41 Å². The Balaban J connectivity index is 1.95. The van der Waals surface area contributed by atoms with Crippen molar-refractivity contribution in [3.05, 3.63) is 23.3 Å². The molecule has 0 radical (unpaired) electrons. The lowest BCUT2D eigenvalue weighted by atomic mass is 9.46. The second-order valence-corrected chi connectivity index (χ2v) is 9.08. The minimum atomic E-state index is -0.553. The topological polar surface area (TPSA) is 43.4 Å². The summed E-state index contributed by atoms with van der Waals surface area (Å²) in [6.07, 6.45) is 9.61. The first-order valence-electron chi connectivity index (χ1n) is 9.75. The van der Waals surface area contributed by atoms with Gasteiger partial charge < -0.3 is 4.74 Å². The first-order valence-corrected chi connectivity index (χ1v) is 9.75. The molecule has 0 aromatic rings. The number of rotatable bonds is 3. The van der Waals surface area contributed by atoms with Crippen molar-refractivity contribution < 1.29 is 14.3 Å². The maximum absolute atomic E-state index is 12.8. The van der Waals surface area contributed by atoms with E-state index in [1.54, 1.807) is 5.57 Å². The molecule has 0 amide bonds. The summed E-state index contributed by atoms with van der Waals surface area (Å²) >= 11 is 0. The third-order valence-electron chi connectivity index (χ3n) is 7.27. The maximum atomic E-state index is 12.8. The number of carbonyl (C=O) groups excluding carboxylic acids is 2. The van der Waals surface area contributed by atoms with Crippen LogP contribution in [0.25, 0.3) is 0 Å². The zero-order valence-electron chi connectivity index (χ0n) is 16.4. The Morgan fingerprint density at radius 3 is 2.68 bits per heavy atom. The summed E-state index contributed by atoms with van der Waals surface area (Å²) in [5.41, 5.74) is 2.60. The molecule has 25 heavy (non-hydrogen) atoms. The smallest absolute Gasteiger partial charge is 0.302 e. The Morgan fingerprint density at radius 1 is 1.32 bits per heavy atom. The predicted molar refractivity (Wildman–Crippen MR) is 98.9 cm³/mol. The summed E-state index contributed by atoms with van der Waals surface area (Å²) in [4.78, 5) is 24.2. The van der Waals surface area contributed by atoms with Gasteiger partial charge in [0, 0.05) is 13.3 Å². The van der Waals surface area contributed by atoms with E-state index in [1.807, 2.05) is 6.92 Å². The van der Waals surface area contributed by atoms with E-state index in [0.717, 1.165) is 19.3 Å². The lowest BCUT2D eigenvalue weighted by molar-refractivity contribution is -0.160. The zero-order chi connectivity index (χ0) is 18.4. The average molecular weight is 344 g/mol. The molecule has 0 bridgehead atoms. The van der Waals surface area contributed by atoms with Crippen LogP contribution in [0.2, 0.25) is 0 Å². The Hall–Kier alpha value is -1.38. The molecule has 3 nitrogen and oxygen atoms in total. The highest BCUT2D eigenvalue weighted by atomic mass is 16.5. The number of hydrogen-bond acceptors (Lipinski definition) is 3. The van der Waals surface area contributed by atoms with Crippen molar-refractivity contribution >= 4 is 11.8 Å². The number of ketones is 1. The van der Waals surface area contributed by atoms with Gasteiger partial charge >= 0.3 is 5.97 Å². The van der Waals surface area contributed by atoms with Crippen molar-refractivity contribution in [2.24, 2.45) is 28.6 Å². The number of ether oxygens (including phenoxy) is 1. The number of fused-ring (bicyclic) bond motifs is 3. The van der Waals surface area contributed by atoms with Crippen LogP contribution in [0.4, 0.5) is 0 Å². The molecule has 3 heteroatoms. The van der Waals surface area contributed by atoms with Gasteiger partial charge in [-0.3, -0.25) is 9.59 Å². The van der Waals surface area contributed by atoms with Crippen molar-refractivity contribution in [3.63, 3.8) is 0 Å². The lowest BCUT2D eigenvalue weighted by Gasteiger charge is -2.57. The van der Waals surface area contributed by atoms with Gasteiger partial charge in [-0.25, -0.2) is 0 Å². The molecule has 1 saturated carbocycles. The van der Waals surface area contributed by atoms with E-state index in [1.165, 1.54) is 18.9 Å². The fourth-order valence-corrected chi connectivity index (χ4v) is 5.63. The molecule has 0 aliphatic heterocycles. The van der Waals surface area contributed by atoms with Crippen molar-refractivity contribution in [2.75, 3.05) is 6.61 Å². The van der Waals surface area contributed by atoms with Gasteiger partial charge in [0.2, 0.25) is 0 Å². The number of carbonyl (C=O) groups is 2. The molecule has 0 N–H and O–H groups in total. The molecular weight excluding hydrogens is 312 g/mol. The van der Waals surface area contributed by atoms with Crippen LogP contribution in [-0.2, 0) is 14.3 Å². The van der Waals surface area contributed by atoms with Gasteiger partial charge in [0.25, 0.3) is 0 Å². The van der Waals surface area contributed by atoms with Crippen LogP contribution < -0.4 is 0 Å². The molecular formula is C22H32O3. The summed E-state index contributed by atoms with van der Waals surface area (Å²) in [6.45, 7) is 10.6. The fraction of sp³-hybridized carbons (Fsp3) is 0.727. The molecule has 0 unspecified atom stereocenters. The maximum Gasteiger partial charge on any atom is 0.302 e. The number of allylic oxidation sites excluding steroid dienone is 4. The van der Waals surface area contributed by atoms with Gasteiger partial charge in [-0.1, -0.05) is 38.5 Å². The summed E-state index contributed by atoms with van der Waals surface area (Å²) in [7, 11) is 0. The Bertz CT molecular complexity index is 642. The fourth-order valence-electron chi connectivity index (χ4n) is 5.63. The summed E-state index contributed by atoms with van der Waals surface area (Å²) < 4.78 is 5.34. The van der Waals surface area contributed by atoms with Gasteiger partial charge in [0.15, 0.2) is 0 Å². The highest BCUT2D eigenvalue weighted by molar-refractivity contribution is 5.86. The van der Waals surface area contributed by atoms with Crippen LogP contribution in [0.1, 0.15) is 66.7 Å². The molecule has 0 saturated heterocycles. The molecule has 4 atom stereocenters. The molecule has 0 aromatic heterocycles. The zero-order valence-corrected chi connectivity index (χ0v) is 16.4. The van der Waals surface area contributed by atoms with Crippen molar-refractivity contribution in [1.29, 1.82) is 0 Å². The first kappa shape index (κ1) is 18.4. The van der Waals surface area contributed by atoms with Crippen LogP contribution in [0, 0.1) is 28.6 Å². The monoisotopic (exact) mass is 344 g/mol. The minimum Gasteiger partial charge on any atom is -0.465 e. The van der Waals surface area contributed by atoms with E-state index in [4.69, 9.17) is 4.74 Å². The summed E-state index contributed by atoms with van der Waals surface area (Å²) in [5.74, 6) is 1.36. The molecule has 3 aliphatic rings. The van der Waals surface area contributed by atoms with E-state index >= 15 is 0 Å². The van der Waals surface area contributed by atoms with Crippen molar-refractivity contribution in [1.82, 2.24) is 0 Å². The second-order valence-electron chi connectivity index (χ2n) is 9.08. The van der Waals surface area contributed by atoms with E-state index in [9.17, 15) is 9.59 Å². The van der Waals surface area contributed by atoms with Crippen LogP contribution in [-0.4, -0.2) is 18.4 Å². The van der Waals surface area contributed by atoms with Crippen molar-refractivity contribution in [3.8, 4) is 0 Å². The number of hydrogen-bond donors (Lipinski definition) is 0. The van der Waals surface area contributed by atoms with Crippen LogP contribution >= 0.6 is 0 Å². The molecule has 138 valence electrons. The Kier molecular flexibility index (Phi) is 4.72. The molecule has 1 fully saturated rings. The lowest BCUT2D eigenvalue weighted by Crippen LogP contribution is -2.55. The number of esters is 1. The average Bonchev–Trinajstić information content (AvgIpc) is 2.56. The molecule has 0 heterocycles. The highest BCUT2D eigenvalue weighted by Gasteiger charge is 2.58. The molecule has 3 rings (SSSR count). The quantitative estimate of drug-likeness (QED) is 0.686. The third-order valence-corrected chi connectivity index (χ3v) is 7.27. The third kappa shape index (κ3) is 3.00. The molecule has 0 aromatic carbocycles. The van der Waals surface area contributed by atoms with Crippen LogP contribution in [0.3, 0.4) is 0 Å². The van der Waals surface area contributed by atoms with Gasteiger partial charge in [-0.15, -0.1) is 0 Å². The van der Waals surface area contributed by atoms with Crippen molar-refractivity contribution in [2.45, 2.75) is 66.7 Å². The van der Waals surface area contributed by atoms with Crippen LogP contribution in [0.5, 0.6) is 0 Å².